The number of carbonyl (C=O) groups is 3. The van der Waals surface area contributed by atoms with E-state index in [0.717, 1.165) is 0 Å². The first-order valence-corrected chi connectivity index (χ1v) is 6.68. The van der Waals surface area contributed by atoms with Gasteiger partial charge in [-0.15, -0.1) is 0 Å². The Morgan fingerprint density at radius 3 is 2.30 bits per heavy atom. The van der Waals surface area contributed by atoms with Crippen LogP contribution in [0.5, 0.6) is 0 Å². The summed E-state index contributed by atoms with van der Waals surface area (Å²) >= 11 is 0. The minimum atomic E-state index is -0.857. The smallest absolute Gasteiger partial charge is 0.308 e. The van der Waals surface area contributed by atoms with Gasteiger partial charge in [-0.3, -0.25) is 14.4 Å². The number of hydrogen-bond donors (Lipinski definition) is 1. The zero-order valence-electron chi connectivity index (χ0n) is 11.3. The first-order chi connectivity index (χ1) is 9.52. The molecule has 1 aliphatic rings. The molecular weight excluding hydrogens is 258 g/mol. The highest BCUT2D eigenvalue weighted by atomic mass is 16.4. The lowest BCUT2D eigenvalue weighted by Crippen LogP contribution is -2.29. The van der Waals surface area contributed by atoms with Crippen LogP contribution in [-0.4, -0.2) is 40.8 Å². The third kappa shape index (κ3) is 2.87. The Hall–Kier alpha value is -2.17. The summed E-state index contributed by atoms with van der Waals surface area (Å²) in [4.78, 5) is 36.2. The number of carboxylic acid groups (broad SMARTS) is 1. The SMILES string of the molecule is CCC(=O)c1ccc(C(=O)N2CCC(C(=O)O)C2)cc1. The summed E-state index contributed by atoms with van der Waals surface area (Å²) in [5, 5.41) is 8.93. The van der Waals surface area contributed by atoms with E-state index in [0.29, 0.717) is 30.5 Å². The molecule has 0 bridgehead atoms. The molecule has 0 spiro atoms. The summed E-state index contributed by atoms with van der Waals surface area (Å²) < 4.78 is 0. The maximum Gasteiger partial charge on any atom is 0.308 e. The van der Waals surface area contributed by atoms with E-state index in [2.05, 4.69) is 0 Å². The van der Waals surface area contributed by atoms with Crippen molar-refractivity contribution in [1.82, 2.24) is 4.90 Å². The van der Waals surface area contributed by atoms with Crippen LogP contribution in [0.25, 0.3) is 0 Å². The number of ketones is 1. The fourth-order valence-electron chi connectivity index (χ4n) is 2.33. The van der Waals surface area contributed by atoms with Crippen molar-refractivity contribution >= 4 is 17.7 Å². The van der Waals surface area contributed by atoms with Gasteiger partial charge in [0.1, 0.15) is 0 Å². The molecule has 106 valence electrons. The Morgan fingerprint density at radius 2 is 1.80 bits per heavy atom. The van der Waals surface area contributed by atoms with Crippen molar-refractivity contribution in [3.8, 4) is 0 Å². The Balaban J connectivity index is 2.07. The number of aliphatic carboxylic acids is 1. The van der Waals surface area contributed by atoms with Crippen molar-refractivity contribution in [2.75, 3.05) is 13.1 Å². The predicted octanol–water partition coefficient (Wildman–Crippen LogP) is 1.83. The molecule has 1 aliphatic heterocycles. The van der Waals surface area contributed by atoms with Crippen LogP contribution in [-0.2, 0) is 4.79 Å². The van der Waals surface area contributed by atoms with E-state index < -0.39 is 11.9 Å². The maximum atomic E-state index is 12.2. The standard InChI is InChI=1S/C15H17NO4/c1-2-13(17)10-3-5-11(6-4-10)14(18)16-8-7-12(9-16)15(19)20/h3-6,12H,2,7-9H2,1H3,(H,19,20). The number of rotatable bonds is 4. The minimum Gasteiger partial charge on any atom is -0.481 e. The average molecular weight is 275 g/mol. The predicted molar refractivity (Wildman–Crippen MR) is 72.7 cm³/mol. The summed E-state index contributed by atoms with van der Waals surface area (Å²) in [6.07, 6.45) is 0.924. The zero-order valence-corrected chi connectivity index (χ0v) is 11.3. The van der Waals surface area contributed by atoms with Crippen molar-refractivity contribution in [3.05, 3.63) is 35.4 Å². The Bertz CT molecular complexity index is 535. The Morgan fingerprint density at radius 1 is 1.20 bits per heavy atom. The highest BCUT2D eigenvalue weighted by Gasteiger charge is 2.31. The summed E-state index contributed by atoms with van der Waals surface area (Å²) in [5.41, 5.74) is 1.08. The van der Waals surface area contributed by atoms with E-state index in [-0.39, 0.29) is 18.2 Å². The molecule has 1 aromatic carbocycles. The zero-order chi connectivity index (χ0) is 14.7. The molecule has 0 aliphatic carbocycles. The van der Waals surface area contributed by atoms with Gasteiger partial charge < -0.3 is 10.0 Å². The highest BCUT2D eigenvalue weighted by molar-refractivity contribution is 5.98. The first kappa shape index (κ1) is 14.2. The molecule has 0 saturated carbocycles. The van der Waals surface area contributed by atoms with Gasteiger partial charge in [-0.25, -0.2) is 0 Å². The average Bonchev–Trinajstić information content (AvgIpc) is 2.96. The molecule has 5 heteroatoms. The number of hydrogen-bond acceptors (Lipinski definition) is 3. The quantitative estimate of drug-likeness (QED) is 0.851. The topological polar surface area (TPSA) is 74.7 Å². The molecule has 1 amide bonds. The second-order valence-electron chi connectivity index (χ2n) is 4.93. The van der Waals surface area contributed by atoms with Crippen LogP contribution in [0.4, 0.5) is 0 Å². The first-order valence-electron chi connectivity index (χ1n) is 6.68. The van der Waals surface area contributed by atoms with Crippen LogP contribution in [0.2, 0.25) is 0 Å². The molecule has 1 saturated heterocycles. The minimum absolute atomic E-state index is 0.0381. The highest BCUT2D eigenvalue weighted by Crippen LogP contribution is 2.19. The molecule has 2 rings (SSSR count). The second-order valence-corrected chi connectivity index (χ2v) is 4.93. The van der Waals surface area contributed by atoms with Crippen LogP contribution >= 0.6 is 0 Å². The van der Waals surface area contributed by atoms with E-state index in [1.165, 1.54) is 0 Å². The number of likely N-dealkylation sites (tertiary alicyclic amines) is 1. The van der Waals surface area contributed by atoms with Crippen LogP contribution < -0.4 is 0 Å². The van der Waals surface area contributed by atoms with Crippen LogP contribution in [0.15, 0.2) is 24.3 Å². The number of carbonyl (C=O) groups excluding carboxylic acids is 2. The lowest BCUT2D eigenvalue weighted by atomic mass is 10.1. The lowest BCUT2D eigenvalue weighted by Gasteiger charge is -2.15. The van der Waals surface area contributed by atoms with Crippen molar-refractivity contribution in [3.63, 3.8) is 0 Å². The van der Waals surface area contributed by atoms with E-state index in [4.69, 9.17) is 5.11 Å². The summed E-state index contributed by atoms with van der Waals surface area (Å²) in [6.45, 7) is 2.51. The number of nitrogens with zero attached hydrogens (tertiary/aromatic N) is 1. The van der Waals surface area contributed by atoms with Gasteiger partial charge in [0.05, 0.1) is 5.92 Å². The molecule has 20 heavy (non-hydrogen) atoms. The van der Waals surface area contributed by atoms with Gasteiger partial charge in [0.15, 0.2) is 5.78 Å². The van der Waals surface area contributed by atoms with Gasteiger partial charge in [0, 0.05) is 30.6 Å². The second kappa shape index (κ2) is 5.86. The molecule has 1 unspecified atom stereocenters. The Labute approximate surface area is 117 Å². The van der Waals surface area contributed by atoms with Crippen LogP contribution in [0.1, 0.15) is 40.5 Å². The fourth-order valence-corrected chi connectivity index (χ4v) is 2.33. The molecule has 5 nitrogen and oxygen atoms in total. The summed E-state index contributed by atoms with van der Waals surface area (Å²) in [6, 6.07) is 6.53. The maximum absolute atomic E-state index is 12.2. The van der Waals surface area contributed by atoms with Crippen molar-refractivity contribution in [2.45, 2.75) is 19.8 Å². The molecule has 1 fully saturated rings. The van der Waals surface area contributed by atoms with Gasteiger partial charge in [0.2, 0.25) is 0 Å². The van der Waals surface area contributed by atoms with Gasteiger partial charge in [-0.2, -0.15) is 0 Å². The number of Topliss-reactive ketones (excluding diaryl/α,β-unsaturated/α-hetero) is 1. The third-order valence-corrected chi connectivity index (χ3v) is 3.60. The molecule has 1 N–H and O–H groups in total. The molecule has 1 heterocycles. The monoisotopic (exact) mass is 275 g/mol. The number of benzene rings is 1. The van der Waals surface area contributed by atoms with E-state index in [1.807, 2.05) is 0 Å². The van der Waals surface area contributed by atoms with E-state index in [1.54, 1.807) is 36.1 Å². The normalized spacial score (nSPS) is 18.1. The van der Waals surface area contributed by atoms with Crippen molar-refractivity contribution < 1.29 is 19.5 Å². The van der Waals surface area contributed by atoms with Gasteiger partial charge in [0.25, 0.3) is 5.91 Å². The van der Waals surface area contributed by atoms with Gasteiger partial charge in [-0.1, -0.05) is 19.1 Å². The summed E-state index contributed by atoms with van der Waals surface area (Å²) in [7, 11) is 0. The Kier molecular flexibility index (Phi) is 4.17. The van der Waals surface area contributed by atoms with Gasteiger partial charge >= 0.3 is 5.97 Å². The molecule has 1 atom stereocenters. The van der Waals surface area contributed by atoms with Crippen molar-refractivity contribution in [2.24, 2.45) is 5.92 Å². The molecular formula is C15H17NO4. The molecule has 0 aromatic heterocycles. The van der Waals surface area contributed by atoms with Gasteiger partial charge in [-0.05, 0) is 18.6 Å². The largest absolute Gasteiger partial charge is 0.481 e. The van der Waals surface area contributed by atoms with E-state index >= 15 is 0 Å². The van der Waals surface area contributed by atoms with Crippen molar-refractivity contribution in [1.29, 1.82) is 0 Å². The number of amides is 1. The lowest BCUT2D eigenvalue weighted by molar-refractivity contribution is -0.141. The third-order valence-electron chi connectivity index (χ3n) is 3.60. The fraction of sp³-hybridized carbons (Fsp3) is 0.400. The summed E-state index contributed by atoms with van der Waals surface area (Å²) in [5.74, 6) is -1.47. The van der Waals surface area contributed by atoms with Crippen LogP contribution in [0.3, 0.4) is 0 Å². The van der Waals surface area contributed by atoms with Crippen LogP contribution in [0, 0.1) is 5.92 Å². The number of carboxylic acids is 1. The molecule has 0 radical (unpaired) electrons. The molecule has 1 aromatic rings. The van der Waals surface area contributed by atoms with E-state index in [9.17, 15) is 14.4 Å².